The molecule has 1 rings (SSSR count). The van der Waals surface area contributed by atoms with E-state index < -0.39 is 12.8 Å². The summed E-state index contributed by atoms with van der Waals surface area (Å²) >= 11 is 2.99. The fraction of sp³-hybridized carbons (Fsp3) is 0.286. The lowest BCUT2D eigenvalue weighted by atomic mass is 10.4. The Kier molecular flexibility index (Phi) is 3.20. The summed E-state index contributed by atoms with van der Waals surface area (Å²) in [5.74, 6) is 0.125. The van der Waals surface area contributed by atoms with E-state index in [9.17, 15) is 13.2 Å². The Bertz CT molecular complexity index is 329. The molecule has 0 radical (unpaired) electrons. The number of hydrogen-bond donors (Lipinski definition) is 1. The third-order valence-electron chi connectivity index (χ3n) is 1.23. The molecule has 2 N–H and O–H groups in total. The van der Waals surface area contributed by atoms with Crippen LogP contribution in [0.5, 0.6) is 5.75 Å². The van der Waals surface area contributed by atoms with Crippen LogP contribution >= 0.6 is 15.9 Å². The molecule has 0 bridgehead atoms. The van der Waals surface area contributed by atoms with E-state index >= 15 is 0 Å². The maximum atomic E-state index is 11.8. The van der Waals surface area contributed by atoms with Gasteiger partial charge in [-0.1, -0.05) is 0 Å². The highest BCUT2D eigenvalue weighted by atomic mass is 79.9. The highest BCUT2D eigenvalue weighted by molar-refractivity contribution is 9.10. The summed E-state index contributed by atoms with van der Waals surface area (Å²) in [5.41, 5.74) is 5.27. The third kappa shape index (κ3) is 3.41. The summed E-state index contributed by atoms with van der Waals surface area (Å²) in [4.78, 5) is 3.65. The molecular formula is C7H6BrF3N2O. The Hall–Kier alpha value is -0.980. The molecule has 1 aromatic rings. The van der Waals surface area contributed by atoms with Gasteiger partial charge in [0.15, 0.2) is 6.61 Å². The van der Waals surface area contributed by atoms with Crippen LogP contribution in [-0.4, -0.2) is 17.8 Å². The van der Waals surface area contributed by atoms with E-state index in [1.807, 2.05) is 0 Å². The van der Waals surface area contributed by atoms with Gasteiger partial charge in [0.05, 0.1) is 4.47 Å². The lowest BCUT2D eigenvalue weighted by Gasteiger charge is -2.10. The van der Waals surface area contributed by atoms with Crippen LogP contribution in [0.3, 0.4) is 0 Å². The van der Waals surface area contributed by atoms with Crippen LogP contribution in [0.1, 0.15) is 0 Å². The predicted molar refractivity (Wildman–Crippen MR) is 47.9 cm³/mol. The molecule has 0 fully saturated rings. The zero-order valence-corrected chi connectivity index (χ0v) is 8.39. The van der Waals surface area contributed by atoms with Gasteiger partial charge in [0.2, 0.25) is 0 Å². The molecule has 1 aromatic heterocycles. The molecule has 7 heteroatoms. The quantitative estimate of drug-likeness (QED) is 0.898. The number of ether oxygens (including phenoxy) is 1. The van der Waals surface area contributed by atoms with Gasteiger partial charge in [-0.25, -0.2) is 4.98 Å². The Balaban J connectivity index is 2.72. The third-order valence-corrected chi connectivity index (χ3v) is 1.83. The highest BCUT2D eigenvalue weighted by Gasteiger charge is 2.28. The van der Waals surface area contributed by atoms with Gasteiger partial charge in [0.25, 0.3) is 0 Å². The number of nitrogens with two attached hydrogens (primary N) is 1. The lowest BCUT2D eigenvalue weighted by Crippen LogP contribution is -2.19. The summed E-state index contributed by atoms with van der Waals surface area (Å²) in [6.07, 6.45) is -3.08. The summed E-state index contributed by atoms with van der Waals surface area (Å²) in [6.45, 7) is -1.35. The van der Waals surface area contributed by atoms with Crippen molar-refractivity contribution in [3.05, 3.63) is 16.7 Å². The maximum Gasteiger partial charge on any atom is 0.422 e. The van der Waals surface area contributed by atoms with Gasteiger partial charge >= 0.3 is 6.18 Å². The number of pyridine rings is 1. The second kappa shape index (κ2) is 4.04. The van der Waals surface area contributed by atoms with Crippen molar-refractivity contribution in [1.82, 2.24) is 4.98 Å². The first-order chi connectivity index (χ1) is 6.38. The molecule has 0 spiro atoms. The Morgan fingerprint density at radius 3 is 2.71 bits per heavy atom. The maximum absolute atomic E-state index is 11.8. The minimum atomic E-state index is -4.36. The largest absolute Gasteiger partial charge is 0.483 e. The van der Waals surface area contributed by atoms with Crippen molar-refractivity contribution in [2.24, 2.45) is 0 Å². The Labute approximate surface area is 86.2 Å². The zero-order chi connectivity index (χ0) is 10.8. The van der Waals surface area contributed by atoms with Gasteiger partial charge in [0.1, 0.15) is 11.6 Å². The minimum Gasteiger partial charge on any atom is -0.483 e. The summed E-state index contributed by atoms with van der Waals surface area (Å²) < 4.78 is 40.2. The average molecular weight is 271 g/mol. The van der Waals surface area contributed by atoms with Crippen molar-refractivity contribution >= 4 is 21.7 Å². The second-order valence-electron chi connectivity index (χ2n) is 2.44. The first-order valence-corrected chi connectivity index (χ1v) is 4.28. The molecule has 0 aliphatic rings. The van der Waals surface area contributed by atoms with Gasteiger partial charge < -0.3 is 10.5 Å². The van der Waals surface area contributed by atoms with Crippen LogP contribution in [0.4, 0.5) is 19.0 Å². The van der Waals surface area contributed by atoms with Crippen LogP contribution in [0.25, 0.3) is 0 Å². The van der Waals surface area contributed by atoms with Gasteiger partial charge in [-0.05, 0) is 15.9 Å². The van der Waals surface area contributed by atoms with Gasteiger partial charge in [0, 0.05) is 12.3 Å². The van der Waals surface area contributed by atoms with E-state index in [2.05, 4.69) is 25.7 Å². The second-order valence-corrected chi connectivity index (χ2v) is 3.30. The number of aromatic nitrogens is 1. The van der Waals surface area contributed by atoms with E-state index in [0.29, 0.717) is 4.47 Å². The monoisotopic (exact) mass is 270 g/mol. The first-order valence-electron chi connectivity index (χ1n) is 3.49. The molecule has 0 aliphatic carbocycles. The minimum absolute atomic E-state index is 0.0230. The fourth-order valence-electron chi connectivity index (χ4n) is 0.706. The highest BCUT2D eigenvalue weighted by Crippen LogP contribution is 2.27. The molecule has 0 atom stereocenters. The fourth-order valence-corrected chi connectivity index (χ4v) is 1.04. The molecule has 0 aliphatic heterocycles. The molecule has 78 valence electrons. The molecule has 0 unspecified atom stereocenters. The normalized spacial score (nSPS) is 11.4. The van der Waals surface area contributed by atoms with Crippen molar-refractivity contribution in [2.75, 3.05) is 12.3 Å². The van der Waals surface area contributed by atoms with Crippen molar-refractivity contribution in [1.29, 1.82) is 0 Å². The molecule has 0 saturated heterocycles. The van der Waals surface area contributed by atoms with Gasteiger partial charge in [-0.15, -0.1) is 0 Å². The summed E-state index contributed by atoms with van der Waals surface area (Å²) in [7, 11) is 0. The molecule has 14 heavy (non-hydrogen) atoms. The van der Waals surface area contributed by atoms with E-state index in [1.165, 1.54) is 12.3 Å². The Morgan fingerprint density at radius 2 is 2.14 bits per heavy atom. The predicted octanol–water partition coefficient (Wildman–Crippen LogP) is 2.37. The Morgan fingerprint density at radius 1 is 1.50 bits per heavy atom. The number of nitrogens with zero attached hydrogens (tertiary/aromatic N) is 1. The number of anilines is 1. The van der Waals surface area contributed by atoms with Crippen LogP contribution in [0.2, 0.25) is 0 Å². The van der Waals surface area contributed by atoms with E-state index in [-0.39, 0.29) is 11.6 Å². The summed E-state index contributed by atoms with van der Waals surface area (Å²) in [5, 5.41) is 0. The van der Waals surface area contributed by atoms with Crippen LogP contribution in [0, 0.1) is 0 Å². The number of nitrogen functional groups attached to an aromatic ring is 1. The van der Waals surface area contributed by atoms with Crippen molar-refractivity contribution < 1.29 is 17.9 Å². The molecule has 1 heterocycles. The number of rotatable bonds is 2. The average Bonchev–Trinajstić information content (AvgIpc) is 2.05. The standard InChI is InChI=1S/C7H6BrF3N2O/c8-4-2-13-6(12)1-5(4)14-3-7(9,10)11/h1-2H,3H2,(H2,12,13). The van der Waals surface area contributed by atoms with Crippen molar-refractivity contribution in [3.8, 4) is 5.75 Å². The number of alkyl halides is 3. The molecule has 0 amide bonds. The van der Waals surface area contributed by atoms with Crippen molar-refractivity contribution in [3.63, 3.8) is 0 Å². The smallest absolute Gasteiger partial charge is 0.422 e. The van der Waals surface area contributed by atoms with Crippen LogP contribution in [0.15, 0.2) is 16.7 Å². The number of halogens is 4. The first kappa shape index (κ1) is 11.1. The summed E-state index contributed by atoms with van der Waals surface area (Å²) in [6, 6.07) is 1.22. The van der Waals surface area contributed by atoms with Crippen molar-refractivity contribution in [2.45, 2.75) is 6.18 Å². The zero-order valence-electron chi connectivity index (χ0n) is 6.81. The van der Waals surface area contributed by atoms with E-state index in [4.69, 9.17) is 5.73 Å². The molecular weight excluding hydrogens is 265 g/mol. The van der Waals surface area contributed by atoms with E-state index in [1.54, 1.807) is 0 Å². The SMILES string of the molecule is Nc1cc(OCC(F)(F)F)c(Br)cn1. The van der Waals surface area contributed by atoms with Crippen LogP contribution in [-0.2, 0) is 0 Å². The van der Waals surface area contributed by atoms with Gasteiger partial charge in [-0.3, -0.25) is 0 Å². The van der Waals surface area contributed by atoms with Crippen LogP contribution < -0.4 is 10.5 Å². The molecule has 3 nitrogen and oxygen atoms in total. The number of hydrogen-bond acceptors (Lipinski definition) is 3. The molecule has 0 aromatic carbocycles. The molecule has 0 saturated carbocycles. The van der Waals surface area contributed by atoms with E-state index in [0.717, 1.165) is 0 Å². The topological polar surface area (TPSA) is 48.1 Å². The van der Waals surface area contributed by atoms with Gasteiger partial charge in [-0.2, -0.15) is 13.2 Å². The lowest BCUT2D eigenvalue weighted by molar-refractivity contribution is -0.153.